The Hall–Kier alpha value is -1.06. The number of nitrogens with one attached hydrogen (secondary N) is 1. The van der Waals surface area contributed by atoms with E-state index in [1.807, 2.05) is 26.0 Å². The molecule has 2 atom stereocenters. The monoisotopic (exact) mass is 276 g/mol. The van der Waals surface area contributed by atoms with Crippen molar-refractivity contribution in [1.29, 1.82) is 5.26 Å². The first-order valence-corrected chi connectivity index (χ1v) is 6.39. The zero-order valence-electron chi connectivity index (χ0n) is 10.2. The maximum atomic E-state index is 12.3. The molecule has 0 aliphatic carbocycles. The Kier molecular flexibility index (Phi) is 5.17. The Morgan fingerprint density at radius 1 is 1.44 bits per heavy atom. The van der Waals surface area contributed by atoms with Crippen LogP contribution in [-0.2, 0) is 6.42 Å². The Morgan fingerprint density at radius 2 is 2.11 bits per heavy atom. The van der Waals surface area contributed by atoms with Crippen LogP contribution in [0.15, 0.2) is 12.1 Å². The number of halogens is 3. The number of nitrogens with zero attached hydrogens (tertiary/aromatic N) is 1. The molecule has 1 aromatic rings. The Morgan fingerprint density at radius 3 is 2.56 bits per heavy atom. The van der Waals surface area contributed by atoms with E-state index in [2.05, 4.69) is 5.32 Å². The van der Waals surface area contributed by atoms with E-state index in [1.54, 1.807) is 11.3 Å². The molecule has 1 aromatic heterocycles. The molecule has 0 amide bonds. The second kappa shape index (κ2) is 6.21. The number of thiophene rings is 1. The van der Waals surface area contributed by atoms with Crippen LogP contribution in [-0.4, -0.2) is 18.8 Å². The minimum absolute atomic E-state index is 0.0822. The molecule has 0 aliphatic rings. The molecule has 0 aromatic carbocycles. The van der Waals surface area contributed by atoms with E-state index < -0.39 is 12.1 Å². The van der Waals surface area contributed by atoms with Crippen LogP contribution in [0.5, 0.6) is 0 Å². The average Bonchev–Trinajstić information content (AvgIpc) is 2.62. The zero-order valence-corrected chi connectivity index (χ0v) is 11.0. The number of alkyl halides is 3. The van der Waals surface area contributed by atoms with Gasteiger partial charge in [0.2, 0.25) is 0 Å². The van der Waals surface area contributed by atoms with Crippen molar-refractivity contribution in [2.75, 3.05) is 6.54 Å². The highest BCUT2D eigenvalue weighted by molar-refractivity contribution is 7.11. The lowest BCUT2D eigenvalue weighted by atomic mass is 10.1. The third-order valence-electron chi connectivity index (χ3n) is 2.52. The van der Waals surface area contributed by atoms with Gasteiger partial charge >= 0.3 is 6.18 Å². The van der Waals surface area contributed by atoms with Crippen LogP contribution in [0.4, 0.5) is 13.2 Å². The Labute approximate surface area is 108 Å². The number of rotatable bonds is 5. The van der Waals surface area contributed by atoms with Crippen LogP contribution in [0.2, 0.25) is 0 Å². The van der Waals surface area contributed by atoms with Crippen molar-refractivity contribution in [2.24, 2.45) is 5.92 Å². The van der Waals surface area contributed by atoms with E-state index >= 15 is 0 Å². The van der Waals surface area contributed by atoms with Gasteiger partial charge in [-0.05, 0) is 32.4 Å². The normalized spacial score (nSPS) is 15.1. The van der Waals surface area contributed by atoms with Gasteiger partial charge in [0, 0.05) is 22.3 Å². The summed E-state index contributed by atoms with van der Waals surface area (Å²) in [5.74, 6) is -1.94. The first-order chi connectivity index (χ1) is 8.32. The van der Waals surface area contributed by atoms with Crippen LogP contribution < -0.4 is 5.32 Å². The number of nitriles is 1. The van der Waals surface area contributed by atoms with Crippen LogP contribution in [0.1, 0.15) is 16.7 Å². The van der Waals surface area contributed by atoms with Crippen LogP contribution >= 0.6 is 11.3 Å². The second-order valence-electron chi connectivity index (χ2n) is 4.25. The molecule has 0 spiro atoms. The van der Waals surface area contributed by atoms with Crippen LogP contribution in [0.25, 0.3) is 0 Å². The lowest BCUT2D eigenvalue weighted by molar-refractivity contribution is -0.157. The summed E-state index contributed by atoms with van der Waals surface area (Å²) in [6, 6.07) is 5.16. The molecular weight excluding hydrogens is 261 g/mol. The molecule has 0 aliphatic heterocycles. The highest BCUT2D eigenvalue weighted by atomic mass is 32.1. The van der Waals surface area contributed by atoms with Gasteiger partial charge in [-0.15, -0.1) is 11.3 Å². The summed E-state index contributed by atoms with van der Waals surface area (Å²) in [5.41, 5.74) is 0. The quantitative estimate of drug-likeness (QED) is 0.896. The largest absolute Gasteiger partial charge is 0.405 e. The van der Waals surface area contributed by atoms with Crippen molar-refractivity contribution in [2.45, 2.75) is 32.5 Å². The van der Waals surface area contributed by atoms with E-state index in [0.29, 0.717) is 6.42 Å². The third kappa shape index (κ3) is 4.67. The first kappa shape index (κ1) is 15.0. The fraction of sp³-hybridized carbons (Fsp3) is 0.583. The van der Waals surface area contributed by atoms with Crippen molar-refractivity contribution in [1.82, 2.24) is 5.32 Å². The van der Waals surface area contributed by atoms with E-state index in [4.69, 9.17) is 5.26 Å². The van der Waals surface area contributed by atoms with E-state index in [0.717, 1.165) is 4.88 Å². The van der Waals surface area contributed by atoms with Gasteiger partial charge in [-0.2, -0.15) is 18.4 Å². The van der Waals surface area contributed by atoms with Crippen molar-refractivity contribution in [3.05, 3.63) is 21.9 Å². The lowest BCUT2D eigenvalue weighted by Gasteiger charge is -2.17. The minimum atomic E-state index is -4.46. The summed E-state index contributed by atoms with van der Waals surface area (Å²) in [6.45, 7) is 3.45. The summed E-state index contributed by atoms with van der Waals surface area (Å²) < 4.78 is 37.0. The number of hydrogen-bond acceptors (Lipinski definition) is 3. The smallest absolute Gasteiger partial charge is 0.312 e. The van der Waals surface area contributed by atoms with Crippen molar-refractivity contribution >= 4 is 11.3 Å². The number of hydrogen-bond donors (Lipinski definition) is 1. The van der Waals surface area contributed by atoms with E-state index in [1.165, 1.54) is 10.9 Å². The number of aryl methyl sites for hydroxylation is 1. The molecule has 1 N–H and O–H groups in total. The summed E-state index contributed by atoms with van der Waals surface area (Å²) in [4.78, 5) is 2.32. The third-order valence-corrected chi connectivity index (χ3v) is 3.55. The fourth-order valence-electron chi connectivity index (χ4n) is 1.52. The molecule has 0 fully saturated rings. The van der Waals surface area contributed by atoms with Gasteiger partial charge < -0.3 is 5.32 Å². The predicted molar refractivity (Wildman–Crippen MR) is 65.4 cm³/mol. The first-order valence-electron chi connectivity index (χ1n) is 5.58. The van der Waals surface area contributed by atoms with Crippen molar-refractivity contribution in [3.63, 3.8) is 0 Å². The molecule has 1 heterocycles. The Balaban J connectivity index is 2.42. The summed E-state index contributed by atoms with van der Waals surface area (Å²) >= 11 is 1.63. The van der Waals surface area contributed by atoms with Crippen LogP contribution in [0, 0.1) is 24.2 Å². The van der Waals surface area contributed by atoms with Crippen molar-refractivity contribution in [3.8, 4) is 6.07 Å². The summed E-state index contributed by atoms with van der Waals surface area (Å²) in [5, 5.41) is 11.2. The molecule has 0 radical (unpaired) electrons. The van der Waals surface area contributed by atoms with E-state index in [-0.39, 0.29) is 12.6 Å². The molecule has 18 heavy (non-hydrogen) atoms. The lowest BCUT2D eigenvalue weighted by Crippen LogP contribution is -2.37. The zero-order chi connectivity index (χ0) is 13.8. The van der Waals surface area contributed by atoms with Gasteiger partial charge in [0.25, 0.3) is 0 Å². The molecule has 0 bridgehead atoms. The van der Waals surface area contributed by atoms with Crippen LogP contribution in [0.3, 0.4) is 0 Å². The van der Waals surface area contributed by atoms with Crippen molar-refractivity contribution < 1.29 is 13.2 Å². The standard InChI is InChI=1S/C12H15F3N2S/c1-8(5-11-4-3-9(2)18-11)17-7-10(6-16)12(13,14)15/h3-4,8,10,17H,5,7H2,1-2H3. The maximum absolute atomic E-state index is 12.3. The molecule has 0 saturated heterocycles. The second-order valence-corrected chi connectivity index (χ2v) is 5.62. The SMILES string of the molecule is Cc1ccc(CC(C)NCC(C#N)C(F)(F)F)s1. The topological polar surface area (TPSA) is 35.8 Å². The van der Waals surface area contributed by atoms with Gasteiger partial charge in [-0.1, -0.05) is 0 Å². The molecular formula is C12H15F3N2S. The Bertz CT molecular complexity index is 420. The summed E-state index contributed by atoms with van der Waals surface area (Å²) in [7, 11) is 0. The molecule has 100 valence electrons. The van der Waals surface area contributed by atoms with Gasteiger partial charge in [0.15, 0.2) is 5.92 Å². The van der Waals surface area contributed by atoms with Gasteiger partial charge in [0.05, 0.1) is 6.07 Å². The molecule has 1 rings (SSSR count). The molecule has 2 unspecified atom stereocenters. The molecule has 2 nitrogen and oxygen atoms in total. The summed E-state index contributed by atoms with van der Waals surface area (Å²) in [6.07, 6.45) is -3.78. The molecule has 0 saturated carbocycles. The van der Waals surface area contributed by atoms with E-state index in [9.17, 15) is 13.2 Å². The maximum Gasteiger partial charge on any atom is 0.405 e. The van der Waals surface area contributed by atoms with Gasteiger partial charge in [0.1, 0.15) is 0 Å². The highest BCUT2D eigenvalue weighted by Gasteiger charge is 2.39. The minimum Gasteiger partial charge on any atom is -0.312 e. The van der Waals surface area contributed by atoms with Gasteiger partial charge in [-0.25, -0.2) is 0 Å². The predicted octanol–water partition coefficient (Wildman–Crippen LogP) is 3.28. The van der Waals surface area contributed by atoms with Gasteiger partial charge in [-0.3, -0.25) is 0 Å². The average molecular weight is 276 g/mol. The fourth-order valence-corrected chi connectivity index (χ4v) is 2.54. The molecule has 6 heteroatoms. The highest BCUT2D eigenvalue weighted by Crippen LogP contribution is 2.25.